The van der Waals surface area contributed by atoms with Crippen LogP contribution in [0.4, 0.5) is 0 Å². The van der Waals surface area contributed by atoms with Crippen LogP contribution in [0.1, 0.15) is 24.9 Å². The maximum atomic E-state index is 11.2. The number of hydrogen-bond acceptors (Lipinski definition) is 3. The molecule has 0 aliphatic rings. The second-order valence-electron chi connectivity index (χ2n) is 3.78. The zero-order valence-corrected chi connectivity index (χ0v) is 10.3. The van der Waals surface area contributed by atoms with Crippen LogP contribution in [0.25, 0.3) is 0 Å². The van der Waals surface area contributed by atoms with Crippen molar-refractivity contribution in [2.75, 3.05) is 6.61 Å². The quantitative estimate of drug-likeness (QED) is 0.727. The van der Waals surface area contributed by atoms with Gasteiger partial charge in [-0.1, -0.05) is 30.7 Å². The second kappa shape index (κ2) is 6.59. The van der Waals surface area contributed by atoms with Gasteiger partial charge >= 0.3 is 5.97 Å². The maximum Gasteiger partial charge on any atom is 0.325 e. The van der Waals surface area contributed by atoms with Gasteiger partial charge in [-0.05, 0) is 24.1 Å². The largest absolute Gasteiger partial charge is 0.480 e. The van der Waals surface area contributed by atoms with Crippen LogP contribution in [0.15, 0.2) is 24.3 Å². The summed E-state index contributed by atoms with van der Waals surface area (Å²) in [6, 6.07) is 5.57. The molecule has 5 heteroatoms. The molecule has 0 fully saturated rings. The Morgan fingerprint density at radius 1 is 1.41 bits per heavy atom. The third kappa shape index (κ3) is 4.00. The Labute approximate surface area is 105 Å². The average Bonchev–Trinajstić information content (AvgIpc) is 2.32. The third-order valence-electron chi connectivity index (χ3n) is 2.57. The molecule has 0 bridgehead atoms. The van der Waals surface area contributed by atoms with E-state index in [0.717, 1.165) is 0 Å². The van der Waals surface area contributed by atoms with Crippen LogP contribution in [-0.2, 0) is 4.79 Å². The average molecular weight is 258 g/mol. The molecule has 1 rings (SSSR count). The minimum atomic E-state index is -0.973. The summed E-state index contributed by atoms with van der Waals surface area (Å²) in [5.41, 5.74) is 0.619. The second-order valence-corrected chi connectivity index (χ2v) is 4.21. The molecule has 4 nitrogen and oxygen atoms in total. The molecule has 2 unspecified atom stereocenters. The number of carbonyl (C=O) groups is 1. The summed E-state index contributed by atoms with van der Waals surface area (Å²) in [5.74, 6) is -0.973. The lowest BCUT2D eigenvalue weighted by molar-refractivity contribution is -0.140. The molecule has 17 heavy (non-hydrogen) atoms. The van der Waals surface area contributed by atoms with Crippen molar-refractivity contribution >= 4 is 17.6 Å². The number of carboxylic acid groups (broad SMARTS) is 1. The van der Waals surface area contributed by atoms with E-state index in [0.29, 0.717) is 17.0 Å². The van der Waals surface area contributed by atoms with E-state index in [1.165, 1.54) is 0 Å². The van der Waals surface area contributed by atoms with Gasteiger partial charge < -0.3 is 10.2 Å². The Bertz CT molecular complexity index is 363. The van der Waals surface area contributed by atoms with Crippen molar-refractivity contribution in [2.45, 2.75) is 25.4 Å². The summed E-state index contributed by atoms with van der Waals surface area (Å²) in [6.07, 6.45) is 0.661. The smallest absolute Gasteiger partial charge is 0.325 e. The van der Waals surface area contributed by atoms with E-state index in [4.69, 9.17) is 21.8 Å². The van der Waals surface area contributed by atoms with E-state index in [1.807, 2.05) is 6.92 Å². The summed E-state index contributed by atoms with van der Waals surface area (Å²) < 4.78 is 0. The Kier molecular flexibility index (Phi) is 5.41. The first-order valence-corrected chi connectivity index (χ1v) is 5.81. The first-order valence-electron chi connectivity index (χ1n) is 5.43. The number of aliphatic carboxylic acids is 1. The van der Waals surface area contributed by atoms with E-state index in [9.17, 15) is 4.79 Å². The molecule has 0 amide bonds. The number of nitrogens with one attached hydrogen (secondary N) is 1. The van der Waals surface area contributed by atoms with Crippen molar-refractivity contribution in [3.63, 3.8) is 0 Å². The SMILES string of the molecule is CCC(CO)NC(C(=O)O)c1ccc(Cl)cc1. The van der Waals surface area contributed by atoms with E-state index >= 15 is 0 Å². The highest BCUT2D eigenvalue weighted by Crippen LogP contribution is 2.17. The summed E-state index contributed by atoms with van der Waals surface area (Å²) >= 11 is 5.75. The highest BCUT2D eigenvalue weighted by atomic mass is 35.5. The summed E-state index contributed by atoms with van der Waals surface area (Å²) in [7, 11) is 0. The zero-order chi connectivity index (χ0) is 12.8. The lowest BCUT2D eigenvalue weighted by Crippen LogP contribution is -2.38. The van der Waals surface area contributed by atoms with E-state index in [2.05, 4.69) is 5.32 Å². The number of rotatable bonds is 6. The van der Waals surface area contributed by atoms with Gasteiger partial charge in [-0.2, -0.15) is 0 Å². The molecular weight excluding hydrogens is 242 g/mol. The molecule has 0 spiro atoms. The van der Waals surface area contributed by atoms with Crippen LogP contribution in [0.5, 0.6) is 0 Å². The first-order chi connectivity index (χ1) is 8.08. The minimum absolute atomic E-state index is 0.0894. The van der Waals surface area contributed by atoms with Crippen molar-refractivity contribution in [1.29, 1.82) is 0 Å². The number of carboxylic acids is 1. The van der Waals surface area contributed by atoms with Crippen LogP contribution in [0, 0.1) is 0 Å². The molecule has 3 N–H and O–H groups in total. The lowest BCUT2D eigenvalue weighted by Gasteiger charge is -2.20. The zero-order valence-electron chi connectivity index (χ0n) is 9.56. The van der Waals surface area contributed by atoms with Crippen molar-refractivity contribution in [2.24, 2.45) is 0 Å². The molecule has 0 radical (unpaired) electrons. The molecule has 0 saturated carbocycles. The normalized spacial score (nSPS) is 14.3. The molecule has 0 aliphatic heterocycles. The summed E-state index contributed by atoms with van der Waals surface area (Å²) in [5, 5.41) is 21.7. The topological polar surface area (TPSA) is 69.6 Å². The number of halogens is 1. The molecular formula is C12H16ClNO3. The molecule has 0 aromatic heterocycles. The number of benzene rings is 1. The van der Waals surface area contributed by atoms with E-state index < -0.39 is 12.0 Å². The molecule has 2 atom stereocenters. The van der Waals surface area contributed by atoms with Crippen LogP contribution in [0.2, 0.25) is 5.02 Å². The number of hydrogen-bond donors (Lipinski definition) is 3. The predicted molar refractivity (Wildman–Crippen MR) is 66.1 cm³/mol. The van der Waals surface area contributed by atoms with Gasteiger partial charge in [0.1, 0.15) is 6.04 Å². The van der Waals surface area contributed by atoms with E-state index in [1.54, 1.807) is 24.3 Å². The molecule has 0 aliphatic carbocycles. The summed E-state index contributed by atoms with van der Waals surface area (Å²) in [4.78, 5) is 11.2. The van der Waals surface area contributed by atoms with Crippen molar-refractivity contribution < 1.29 is 15.0 Å². The highest BCUT2D eigenvalue weighted by Gasteiger charge is 2.22. The lowest BCUT2D eigenvalue weighted by atomic mass is 10.1. The van der Waals surface area contributed by atoms with Crippen LogP contribution in [0.3, 0.4) is 0 Å². The van der Waals surface area contributed by atoms with Crippen molar-refractivity contribution in [1.82, 2.24) is 5.32 Å². The van der Waals surface area contributed by atoms with Crippen molar-refractivity contribution in [3.8, 4) is 0 Å². The predicted octanol–water partition coefficient (Wildman–Crippen LogP) is 1.83. The molecule has 0 heterocycles. The highest BCUT2D eigenvalue weighted by molar-refractivity contribution is 6.30. The van der Waals surface area contributed by atoms with E-state index in [-0.39, 0.29) is 12.6 Å². The van der Waals surface area contributed by atoms with Crippen LogP contribution >= 0.6 is 11.6 Å². The standard InChI is InChI=1S/C12H16ClNO3/c1-2-10(7-15)14-11(12(16)17)8-3-5-9(13)6-4-8/h3-6,10-11,14-15H,2,7H2,1H3,(H,16,17). The van der Waals surface area contributed by atoms with Gasteiger partial charge in [-0.25, -0.2) is 0 Å². The van der Waals surface area contributed by atoms with Gasteiger partial charge in [0.15, 0.2) is 0 Å². The Balaban J connectivity index is 2.85. The van der Waals surface area contributed by atoms with Gasteiger partial charge in [-0.15, -0.1) is 0 Å². The Hall–Kier alpha value is -1.10. The molecule has 1 aromatic rings. The first kappa shape index (κ1) is 14.0. The van der Waals surface area contributed by atoms with Crippen molar-refractivity contribution in [3.05, 3.63) is 34.9 Å². The van der Waals surface area contributed by atoms with Gasteiger partial charge in [0.05, 0.1) is 6.61 Å². The van der Waals surface area contributed by atoms with Crippen LogP contribution in [-0.4, -0.2) is 28.8 Å². The monoisotopic (exact) mass is 257 g/mol. The third-order valence-corrected chi connectivity index (χ3v) is 2.82. The van der Waals surface area contributed by atoms with Gasteiger partial charge in [0.25, 0.3) is 0 Å². The maximum absolute atomic E-state index is 11.2. The fraction of sp³-hybridized carbons (Fsp3) is 0.417. The fourth-order valence-electron chi connectivity index (χ4n) is 1.50. The number of aliphatic hydroxyl groups excluding tert-OH is 1. The van der Waals surface area contributed by atoms with Crippen LogP contribution < -0.4 is 5.32 Å². The van der Waals surface area contributed by atoms with Gasteiger partial charge in [0, 0.05) is 11.1 Å². The summed E-state index contributed by atoms with van der Waals surface area (Å²) in [6.45, 7) is 1.79. The fourth-order valence-corrected chi connectivity index (χ4v) is 1.63. The molecule has 1 aromatic carbocycles. The molecule has 94 valence electrons. The Morgan fingerprint density at radius 3 is 2.41 bits per heavy atom. The number of aliphatic hydroxyl groups is 1. The van der Waals surface area contributed by atoms with Gasteiger partial charge in [0.2, 0.25) is 0 Å². The Morgan fingerprint density at radius 2 is 2.00 bits per heavy atom. The minimum Gasteiger partial charge on any atom is -0.480 e. The molecule has 0 saturated heterocycles. The van der Waals surface area contributed by atoms with Gasteiger partial charge in [-0.3, -0.25) is 10.1 Å².